The highest BCUT2D eigenvalue weighted by molar-refractivity contribution is 6.06. The number of benzene rings is 3. The number of anilines is 2. The molecule has 0 bridgehead atoms. The highest BCUT2D eigenvalue weighted by atomic mass is 35.5. The molecule has 1 aromatic heterocycles. The van der Waals surface area contributed by atoms with Crippen molar-refractivity contribution in [3.63, 3.8) is 0 Å². The number of amides is 1. The predicted octanol–water partition coefficient (Wildman–Crippen LogP) is 5.40. The van der Waals surface area contributed by atoms with Crippen LogP contribution in [-0.4, -0.2) is 25.1 Å². The molecule has 0 aliphatic rings. The lowest BCUT2D eigenvalue weighted by molar-refractivity contribution is 0.102. The summed E-state index contributed by atoms with van der Waals surface area (Å²) in [6.45, 7) is 2.08. The van der Waals surface area contributed by atoms with Crippen molar-refractivity contribution >= 4 is 40.6 Å². The van der Waals surface area contributed by atoms with Gasteiger partial charge in [0.15, 0.2) is 11.5 Å². The molecule has 0 aliphatic carbocycles. The monoisotopic (exact) mass is 479 g/mol. The minimum Gasteiger partial charge on any atom is -0.493 e. The number of nitrogens with two attached hydrogens (primary N) is 1. The van der Waals surface area contributed by atoms with Gasteiger partial charge in [0.05, 0.1) is 19.7 Å². The average Bonchev–Trinajstić information content (AvgIpc) is 2.82. The van der Waals surface area contributed by atoms with Crippen LogP contribution < -0.4 is 25.3 Å². The van der Waals surface area contributed by atoms with E-state index in [0.717, 1.165) is 22.2 Å². The zero-order valence-corrected chi connectivity index (χ0v) is 19.9. The second-order valence-electron chi connectivity index (χ2n) is 7.48. The van der Waals surface area contributed by atoms with Gasteiger partial charge in [-0.3, -0.25) is 9.78 Å². The standard InChI is InChI=1S/C26H25N3O4.ClH/c1-16-13-21(27)20-14-18(11-12-22(20)28-16)29-26(30)19-8-5-4-7-17(19)15-33-24-10-6-9-23(31-2)25(24)32-3;/h4-14H,15H2,1-3H3,(H2,27,28)(H,29,30);1H. The average molecular weight is 480 g/mol. The molecule has 8 heteroatoms. The summed E-state index contributed by atoms with van der Waals surface area (Å²) < 4.78 is 16.7. The van der Waals surface area contributed by atoms with Gasteiger partial charge in [-0.05, 0) is 49.4 Å². The van der Waals surface area contributed by atoms with E-state index in [4.69, 9.17) is 19.9 Å². The fourth-order valence-electron chi connectivity index (χ4n) is 3.66. The molecule has 0 saturated heterocycles. The molecule has 34 heavy (non-hydrogen) atoms. The number of pyridine rings is 1. The second kappa shape index (κ2) is 10.8. The fraction of sp³-hybridized carbons (Fsp3) is 0.154. The van der Waals surface area contributed by atoms with Crippen LogP contribution in [0.25, 0.3) is 10.9 Å². The molecule has 7 nitrogen and oxygen atoms in total. The van der Waals surface area contributed by atoms with Crippen LogP contribution in [-0.2, 0) is 6.61 Å². The van der Waals surface area contributed by atoms with Gasteiger partial charge in [-0.25, -0.2) is 0 Å². The number of ether oxygens (including phenoxy) is 3. The molecule has 4 rings (SSSR count). The summed E-state index contributed by atoms with van der Waals surface area (Å²) in [7, 11) is 3.12. The number of aromatic nitrogens is 1. The van der Waals surface area contributed by atoms with Crippen molar-refractivity contribution < 1.29 is 19.0 Å². The van der Waals surface area contributed by atoms with Crippen molar-refractivity contribution in [1.29, 1.82) is 0 Å². The Morgan fingerprint density at radius 3 is 2.50 bits per heavy atom. The molecule has 3 N–H and O–H groups in total. The number of carbonyl (C=O) groups is 1. The molecular weight excluding hydrogens is 454 g/mol. The first kappa shape index (κ1) is 24.7. The summed E-state index contributed by atoms with van der Waals surface area (Å²) in [6.07, 6.45) is 0. The smallest absolute Gasteiger partial charge is 0.256 e. The molecule has 0 saturated carbocycles. The predicted molar refractivity (Wildman–Crippen MR) is 136 cm³/mol. The molecule has 0 atom stereocenters. The maximum atomic E-state index is 13.1. The Bertz CT molecular complexity index is 1330. The molecule has 1 amide bonds. The lowest BCUT2D eigenvalue weighted by Crippen LogP contribution is -2.15. The molecule has 0 spiro atoms. The number of nitrogens with one attached hydrogen (secondary N) is 1. The number of hydrogen-bond acceptors (Lipinski definition) is 6. The SMILES string of the molecule is COc1cccc(OCc2ccccc2C(=O)Nc2ccc3nc(C)cc(N)c3c2)c1OC.Cl. The van der Waals surface area contributed by atoms with E-state index in [1.165, 1.54) is 0 Å². The van der Waals surface area contributed by atoms with E-state index in [-0.39, 0.29) is 24.9 Å². The molecule has 4 aromatic rings. The topological polar surface area (TPSA) is 95.7 Å². The van der Waals surface area contributed by atoms with Crippen LogP contribution >= 0.6 is 12.4 Å². The van der Waals surface area contributed by atoms with Crippen molar-refractivity contribution in [2.24, 2.45) is 0 Å². The van der Waals surface area contributed by atoms with Crippen molar-refractivity contribution in [3.8, 4) is 17.2 Å². The Labute approximate surface area is 204 Å². The summed E-state index contributed by atoms with van der Waals surface area (Å²) in [4.78, 5) is 17.6. The number of carbonyl (C=O) groups excluding carboxylic acids is 1. The zero-order chi connectivity index (χ0) is 23.4. The Balaban J connectivity index is 0.00000324. The number of rotatable bonds is 7. The van der Waals surface area contributed by atoms with E-state index >= 15 is 0 Å². The van der Waals surface area contributed by atoms with Crippen LogP contribution in [0.2, 0.25) is 0 Å². The maximum absolute atomic E-state index is 13.1. The van der Waals surface area contributed by atoms with Crippen molar-refractivity contribution in [2.45, 2.75) is 13.5 Å². The first-order valence-corrected chi connectivity index (χ1v) is 10.4. The van der Waals surface area contributed by atoms with Gasteiger partial charge in [-0.15, -0.1) is 12.4 Å². The number of fused-ring (bicyclic) bond motifs is 1. The van der Waals surface area contributed by atoms with E-state index in [9.17, 15) is 4.79 Å². The van der Waals surface area contributed by atoms with E-state index < -0.39 is 0 Å². The molecule has 1 heterocycles. The Morgan fingerprint density at radius 1 is 0.971 bits per heavy atom. The third-order valence-corrected chi connectivity index (χ3v) is 5.24. The van der Waals surface area contributed by atoms with Gasteiger partial charge in [-0.1, -0.05) is 24.3 Å². The van der Waals surface area contributed by atoms with Crippen LogP contribution in [0, 0.1) is 6.92 Å². The lowest BCUT2D eigenvalue weighted by Gasteiger charge is -2.15. The summed E-state index contributed by atoms with van der Waals surface area (Å²) >= 11 is 0. The van der Waals surface area contributed by atoms with Gasteiger partial charge in [0.2, 0.25) is 5.75 Å². The fourth-order valence-corrected chi connectivity index (χ4v) is 3.66. The molecule has 0 radical (unpaired) electrons. The third kappa shape index (κ3) is 5.15. The molecule has 0 unspecified atom stereocenters. The van der Waals surface area contributed by atoms with Gasteiger partial charge >= 0.3 is 0 Å². The molecule has 3 aromatic carbocycles. The van der Waals surface area contributed by atoms with Gasteiger partial charge in [0.1, 0.15) is 6.61 Å². The summed E-state index contributed by atoms with van der Waals surface area (Å²) in [5.74, 6) is 1.35. The molecule has 0 aliphatic heterocycles. The van der Waals surface area contributed by atoms with E-state index in [2.05, 4.69) is 10.3 Å². The summed E-state index contributed by atoms with van der Waals surface area (Å²) in [5.41, 5.74) is 10.3. The van der Waals surface area contributed by atoms with Gasteiger partial charge in [0.25, 0.3) is 5.91 Å². The first-order valence-electron chi connectivity index (χ1n) is 10.4. The number of halogens is 1. The molecule has 0 fully saturated rings. The van der Waals surface area contributed by atoms with Gasteiger partial charge in [0, 0.05) is 33.6 Å². The Hall–Kier alpha value is -3.97. The minimum atomic E-state index is -0.246. The van der Waals surface area contributed by atoms with Gasteiger partial charge < -0.3 is 25.3 Å². The minimum absolute atomic E-state index is 0. The van der Waals surface area contributed by atoms with Crippen molar-refractivity contribution in [3.05, 3.63) is 83.6 Å². The largest absolute Gasteiger partial charge is 0.493 e. The molecule has 176 valence electrons. The highest BCUT2D eigenvalue weighted by Gasteiger charge is 2.15. The van der Waals surface area contributed by atoms with E-state index in [1.807, 2.05) is 55.5 Å². The number of aryl methyl sites for hydroxylation is 1. The quantitative estimate of drug-likeness (QED) is 0.368. The third-order valence-electron chi connectivity index (χ3n) is 5.24. The van der Waals surface area contributed by atoms with Crippen LogP contribution in [0.15, 0.2) is 66.7 Å². The van der Waals surface area contributed by atoms with Crippen LogP contribution in [0.4, 0.5) is 11.4 Å². The number of para-hydroxylation sites is 1. The maximum Gasteiger partial charge on any atom is 0.256 e. The van der Waals surface area contributed by atoms with Crippen molar-refractivity contribution in [1.82, 2.24) is 4.98 Å². The summed E-state index contributed by atoms with van der Waals surface area (Å²) in [6, 6.07) is 20.0. The second-order valence-corrected chi connectivity index (χ2v) is 7.48. The van der Waals surface area contributed by atoms with Crippen LogP contribution in [0.1, 0.15) is 21.6 Å². The Kier molecular flexibility index (Phi) is 7.81. The number of nitrogen functional groups attached to an aromatic ring is 1. The lowest BCUT2D eigenvalue weighted by atomic mass is 10.1. The van der Waals surface area contributed by atoms with Gasteiger partial charge in [-0.2, -0.15) is 0 Å². The normalized spacial score (nSPS) is 10.3. The van der Waals surface area contributed by atoms with Crippen LogP contribution in [0.5, 0.6) is 17.2 Å². The number of nitrogens with zero attached hydrogens (tertiary/aromatic N) is 1. The summed E-state index contributed by atoms with van der Waals surface area (Å²) in [5, 5.41) is 3.74. The number of hydrogen-bond donors (Lipinski definition) is 2. The molecular formula is C26H26ClN3O4. The first-order chi connectivity index (χ1) is 16.0. The highest BCUT2D eigenvalue weighted by Crippen LogP contribution is 2.37. The van der Waals surface area contributed by atoms with E-state index in [0.29, 0.717) is 34.2 Å². The Morgan fingerprint density at radius 2 is 1.74 bits per heavy atom. The van der Waals surface area contributed by atoms with Crippen molar-refractivity contribution in [2.75, 3.05) is 25.3 Å². The number of methoxy groups -OCH3 is 2. The zero-order valence-electron chi connectivity index (χ0n) is 19.1. The van der Waals surface area contributed by atoms with Crippen LogP contribution in [0.3, 0.4) is 0 Å². The van der Waals surface area contributed by atoms with E-state index in [1.54, 1.807) is 32.4 Å².